The standard InChI is InChI=1S/C16H32O2/c1-5-13(3)7-8-14(6-2)18-16-11-9-15(17-4)10-12-16/h13-16H,5-12H2,1-4H3. The summed E-state index contributed by atoms with van der Waals surface area (Å²) >= 11 is 0. The van der Waals surface area contributed by atoms with E-state index >= 15 is 0 Å². The molecule has 1 rings (SSSR count). The van der Waals surface area contributed by atoms with Crippen molar-refractivity contribution in [3.63, 3.8) is 0 Å². The second-order valence-electron chi connectivity index (χ2n) is 5.89. The van der Waals surface area contributed by atoms with E-state index in [1.807, 2.05) is 7.11 Å². The predicted molar refractivity (Wildman–Crippen MR) is 76.9 cm³/mol. The van der Waals surface area contributed by atoms with E-state index in [1.165, 1.54) is 44.9 Å². The highest BCUT2D eigenvalue weighted by molar-refractivity contribution is 4.74. The Hall–Kier alpha value is -0.0800. The van der Waals surface area contributed by atoms with Gasteiger partial charge in [-0.05, 0) is 50.9 Å². The molecule has 0 spiro atoms. The second kappa shape index (κ2) is 8.92. The van der Waals surface area contributed by atoms with Gasteiger partial charge in [0, 0.05) is 7.11 Å². The highest BCUT2D eigenvalue weighted by atomic mass is 16.5. The SMILES string of the molecule is CCC(C)CCC(CC)OC1CCC(OC)CC1. The highest BCUT2D eigenvalue weighted by Crippen LogP contribution is 2.26. The quantitative estimate of drug-likeness (QED) is 0.633. The molecule has 0 aromatic heterocycles. The number of rotatable bonds is 8. The van der Waals surface area contributed by atoms with Crippen LogP contribution in [0.4, 0.5) is 0 Å². The molecule has 0 aromatic carbocycles. The third-order valence-electron chi connectivity index (χ3n) is 4.47. The van der Waals surface area contributed by atoms with Crippen LogP contribution in [0.3, 0.4) is 0 Å². The van der Waals surface area contributed by atoms with E-state index in [2.05, 4.69) is 20.8 Å². The molecule has 0 amide bonds. The van der Waals surface area contributed by atoms with Crippen molar-refractivity contribution in [2.75, 3.05) is 7.11 Å². The molecule has 2 heteroatoms. The van der Waals surface area contributed by atoms with Crippen LogP contribution < -0.4 is 0 Å². The summed E-state index contributed by atoms with van der Waals surface area (Å²) in [6.07, 6.45) is 11.1. The van der Waals surface area contributed by atoms with Crippen LogP contribution >= 0.6 is 0 Å². The van der Waals surface area contributed by atoms with Gasteiger partial charge in [0.2, 0.25) is 0 Å². The first kappa shape index (κ1) is 16.0. The molecule has 0 saturated heterocycles. The monoisotopic (exact) mass is 256 g/mol. The Morgan fingerprint density at radius 1 is 0.944 bits per heavy atom. The summed E-state index contributed by atoms with van der Waals surface area (Å²) in [6, 6.07) is 0. The maximum Gasteiger partial charge on any atom is 0.0580 e. The smallest absolute Gasteiger partial charge is 0.0580 e. The molecular formula is C16H32O2. The average molecular weight is 256 g/mol. The van der Waals surface area contributed by atoms with Gasteiger partial charge in [-0.25, -0.2) is 0 Å². The molecule has 0 bridgehead atoms. The maximum atomic E-state index is 6.27. The maximum absolute atomic E-state index is 6.27. The minimum absolute atomic E-state index is 0.475. The molecule has 2 unspecified atom stereocenters. The van der Waals surface area contributed by atoms with Crippen LogP contribution in [0.15, 0.2) is 0 Å². The number of methoxy groups -OCH3 is 1. The van der Waals surface area contributed by atoms with E-state index in [0.29, 0.717) is 18.3 Å². The molecule has 0 aromatic rings. The summed E-state index contributed by atoms with van der Waals surface area (Å²) in [5, 5.41) is 0. The number of hydrogen-bond acceptors (Lipinski definition) is 2. The lowest BCUT2D eigenvalue weighted by Gasteiger charge is -2.31. The van der Waals surface area contributed by atoms with Crippen molar-refractivity contribution >= 4 is 0 Å². The normalized spacial score (nSPS) is 28.0. The Morgan fingerprint density at radius 3 is 2.06 bits per heavy atom. The van der Waals surface area contributed by atoms with Crippen molar-refractivity contribution in [3.05, 3.63) is 0 Å². The van der Waals surface area contributed by atoms with E-state index in [4.69, 9.17) is 9.47 Å². The third kappa shape index (κ3) is 5.71. The van der Waals surface area contributed by atoms with Crippen LogP contribution in [0.5, 0.6) is 0 Å². The predicted octanol–water partition coefficient (Wildman–Crippen LogP) is 4.57. The first-order chi connectivity index (χ1) is 8.69. The van der Waals surface area contributed by atoms with Gasteiger partial charge in [0.05, 0.1) is 18.3 Å². The van der Waals surface area contributed by atoms with Crippen LogP contribution in [0.1, 0.15) is 72.1 Å². The van der Waals surface area contributed by atoms with Crippen LogP contribution in [-0.4, -0.2) is 25.4 Å². The largest absolute Gasteiger partial charge is 0.381 e. The summed E-state index contributed by atoms with van der Waals surface area (Å²) in [4.78, 5) is 0. The van der Waals surface area contributed by atoms with Gasteiger partial charge in [0.1, 0.15) is 0 Å². The molecule has 0 aliphatic heterocycles. The van der Waals surface area contributed by atoms with Gasteiger partial charge in [0.25, 0.3) is 0 Å². The summed E-state index contributed by atoms with van der Waals surface area (Å²) in [5.74, 6) is 0.840. The Kier molecular flexibility index (Phi) is 7.92. The average Bonchev–Trinajstić information content (AvgIpc) is 2.43. The summed E-state index contributed by atoms with van der Waals surface area (Å²) in [5.41, 5.74) is 0. The fraction of sp³-hybridized carbons (Fsp3) is 1.00. The van der Waals surface area contributed by atoms with Gasteiger partial charge in [-0.15, -0.1) is 0 Å². The van der Waals surface area contributed by atoms with E-state index < -0.39 is 0 Å². The molecule has 1 fully saturated rings. The minimum atomic E-state index is 0.475. The lowest BCUT2D eigenvalue weighted by molar-refractivity contribution is -0.0594. The summed E-state index contributed by atoms with van der Waals surface area (Å²) in [7, 11) is 1.83. The Morgan fingerprint density at radius 2 is 1.56 bits per heavy atom. The number of ether oxygens (including phenoxy) is 2. The zero-order chi connectivity index (χ0) is 13.4. The number of hydrogen-bond donors (Lipinski definition) is 0. The molecule has 0 N–H and O–H groups in total. The lowest BCUT2D eigenvalue weighted by atomic mass is 9.94. The molecular weight excluding hydrogens is 224 g/mol. The molecule has 108 valence electrons. The molecule has 0 heterocycles. The van der Waals surface area contributed by atoms with E-state index in [9.17, 15) is 0 Å². The second-order valence-corrected chi connectivity index (χ2v) is 5.89. The zero-order valence-electron chi connectivity index (χ0n) is 12.8. The van der Waals surface area contributed by atoms with Crippen LogP contribution in [0, 0.1) is 5.92 Å². The first-order valence-corrected chi connectivity index (χ1v) is 7.87. The van der Waals surface area contributed by atoms with Crippen LogP contribution in [0.25, 0.3) is 0 Å². The molecule has 1 saturated carbocycles. The van der Waals surface area contributed by atoms with Crippen molar-refractivity contribution < 1.29 is 9.47 Å². The zero-order valence-corrected chi connectivity index (χ0v) is 12.8. The van der Waals surface area contributed by atoms with Gasteiger partial charge in [-0.1, -0.05) is 27.2 Å². The van der Waals surface area contributed by atoms with Gasteiger partial charge >= 0.3 is 0 Å². The summed E-state index contributed by atoms with van der Waals surface area (Å²) < 4.78 is 11.7. The molecule has 2 atom stereocenters. The molecule has 1 aliphatic rings. The molecule has 1 aliphatic carbocycles. The fourth-order valence-electron chi connectivity index (χ4n) is 2.72. The van der Waals surface area contributed by atoms with Crippen LogP contribution in [-0.2, 0) is 9.47 Å². The fourth-order valence-corrected chi connectivity index (χ4v) is 2.72. The van der Waals surface area contributed by atoms with Gasteiger partial charge in [0.15, 0.2) is 0 Å². The molecule has 2 nitrogen and oxygen atoms in total. The van der Waals surface area contributed by atoms with E-state index in [-0.39, 0.29) is 0 Å². The van der Waals surface area contributed by atoms with Crippen molar-refractivity contribution in [2.45, 2.75) is 90.4 Å². The molecule has 18 heavy (non-hydrogen) atoms. The Labute approximate surface area is 113 Å². The first-order valence-electron chi connectivity index (χ1n) is 7.87. The topological polar surface area (TPSA) is 18.5 Å². The van der Waals surface area contributed by atoms with Crippen molar-refractivity contribution in [2.24, 2.45) is 5.92 Å². The van der Waals surface area contributed by atoms with Gasteiger partial charge in [-0.3, -0.25) is 0 Å². The lowest BCUT2D eigenvalue weighted by Crippen LogP contribution is -2.29. The van der Waals surface area contributed by atoms with E-state index in [1.54, 1.807) is 0 Å². The highest BCUT2D eigenvalue weighted by Gasteiger charge is 2.23. The Bertz CT molecular complexity index is 197. The van der Waals surface area contributed by atoms with Gasteiger partial charge in [-0.2, -0.15) is 0 Å². The van der Waals surface area contributed by atoms with E-state index in [0.717, 1.165) is 12.3 Å². The Balaban J connectivity index is 2.22. The summed E-state index contributed by atoms with van der Waals surface area (Å²) in [6.45, 7) is 6.87. The minimum Gasteiger partial charge on any atom is -0.381 e. The van der Waals surface area contributed by atoms with Crippen molar-refractivity contribution in [3.8, 4) is 0 Å². The molecule has 0 radical (unpaired) electrons. The third-order valence-corrected chi connectivity index (χ3v) is 4.47. The van der Waals surface area contributed by atoms with Gasteiger partial charge < -0.3 is 9.47 Å². The van der Waals surface area contributed by atoms with Crippen molar-refractivity contribution in [1.82, 2.24) is 0 Å². The van der Waals surface area contributed by atoms with Crippen molar-refractivity contribution in [1.29, 1.82) is 0 Å². The van der Waals surface area contributed by atoms with Crippen LogP contribution in [0.2, 0.25) is 0 Å².